The number of amides is 1. The average Bonchev–Trinajstić information content (AvgIpc) is 3.62. The number of carbonyl (C=O) groups excluding carboxylic acids is 3. The van der Waals surface area contributed by atoms with E-state index in [1.807, 2.05) is 0 Å². The van der Waals surface area contributed by atoms with Crippen molar-refractivity contribution >= 4 is 28.6 Å². The number of fused-ring (bicyclic) bond motifs is 3. The van der Waals surface area contributed by atoms with E-state index < -0.39 is 152 Å². The molecule has 22 heteroatoms. The minimum Gasteiger partial charge on any atom is -0.508 e. The van der Waals surface area contributed by atoms with E-state index in [0.29, 0.717) is 0 Å². The number of carbonyl (C=O) groups is 3. The van der Waals surface area contributed by atoms with Crippen LogP contribution in [-0.4, -0.2) is 108 Å². The van der Waals surface area contributed by atoms with Crippen LogP contribution in [0.25, 0.3) is 10.8 Å². The lowest BCUT2D eigenvalue weighted by Gasteiger charge is -2.37. The van der Waals surface area contributed by atoms with Gasteiger partial charge in [-0.3, -0.25) is 9.59 Å². The maximum atomic E-state index is 14.0. The molecule has 1 fully saturated rings. The van der Waals surface area contributed by atoms with Crippen LogP contribution in [0.1, 0.15) is 86.5 Å². The predicted octanol–water partition coefficient (Wildman–Crippen LogP) is 4.86. The predicted molar refractivity (Wildman–Crippen MR) is 240 cm³/mol. The van der Waals surface area contributed by atoms with Crippen LogP contribution < -0.4 is 14.9 Å². The summed E-state index contributed by atoms with van der Waals surface area (Å²) < 4.78 is 24.6. The molecule has 1 saturated heterocycles. The Balaban J connectivity index is 1.26. The summed E-state index contributed by atoms with van der Waals surface area (Å²) >= 11 is 0. The summed E-state index contributed by atoms with van der Waals surface area (Å²) in [5.74, 6) is -14.0. The Hall–Kier alpha value is -9.34. The SMILES string of the molecule is CCN1C(=O)CCC1c1c(O)cc(O)c2c1OC(c1cc(O)c(O)c3c(O)c(=O)cc(C4Oc5cc(O)cc(O)c5C[C@H]4OC(=O)c4cc(O)c(O)c(O)c4)cc13)[C@H](OC(=O)c1cc(O)c(O)c(O)c1)C2. The van der Waals surface area contributed by atoms with Crippen molar-refractivity contribution in [1.82, 2.24) is 4.90 Å². The minimum atomic E-state index is -1.76. The van der Waals surface area contributed by atoms with E-state index in [-0.39, 0.29) is 70.0 Å². The molecule has 6 aromatic rings. The third-order valence-corrected chi connectivity index (χ3v) is 12.7. The van der Waals surface area contributed by atoms with Gasteiger partial charge in [-0.25, -0.2) is 9.59 Å². The van der Waals surface area contributed by atoms with Crippen LogP contribution in [0, 0.1) is 0 Å². The van der Waals surface area contributed by atoms with Crippen molar-refractivity contribution in [1.29, 1.82) is 0 Å². The Labute approximate surface area is 398 Å². The van der Waals surface area contributed by atoms with Crippen molar-refractivity contribution in [3.8, 4) is 86.2 Å². The van der Waals surface area contributed by atoms with Gasteiger partial charge in [0.1, 0.15) is 46.7 Å². The first-order chi connectivity index (χ1) is 33.6. The maximum Gasteiger partial charge on any atom is 0.338 e. The van der Waals surface area contributed by atoms with E-state index >= 15 is 0 Å². The number of rotatable bonds is 8. The highest BCUT2D eigenvalue weighted by Gasteiger charge is 2.44. The van der Waals surface area contributed by atoms with E-state index in [1.54, 1.807) is 6.92 Å². The van der Waals surface area contributed by atoms with Crippen molar-refractivity contribution in [3.63, 3.8) is 0 Å². The maximum absolute atomic E-state index is 14.0. The van der Waals surface area contributed by atoms with Crippen molar-refractivity contribution in [3.05, 3.63) is 110 Å². The molecule has 0 aliphatic carbocycles. The van der Waals surface area contributed by atoms with Crippen LogP contribution in [0.15, 0.2) is 65.5 Å². The largest absolute Gasteiger partial charge is 0.508 e. The van der Waals surface area contributed by atoms with E-state index in [4.69, 9.17) is 18.9 Å². The van der Waals surface area contributed by atoms with Gasteiger partial charge in [-0.2, -0.15) is 0 Å². The van der Waals surface area contributed by atoms with Crippen LogP contribution in [0.4, 0.5) is 0 Å². The minimum absolute atomic E-state index is 0.00558. The summed E-state index contributed by atoms with van der Waals surface area (Å²) in [6.45, 7) is 1.89. The van der Waals surface area contributed by atoms with Gasteiger partial charge in [-0.05, 0) is 61.2 Å². The molecule has 1 amide bonds. The number of phenolic OH excluding ortho intramolecular Hbond substituents is 12. The smallest absolute Gasteiger partial charge is 0.338 e. The van der Waals surface area contributed by atoms with E-state index in [9.17, 15) is 85.6 Å². The lowest BCUT2D eigenvalue weighted by molar-refractivity contribution is -0.128. The van der Waals surface area contributed by atoms with Crippen molar-refractivity contribution in [2.75, 3.05) is 6.54 Å². The molecule has 0 radical (unpaired) electrons. The number of phenols is 12. The zero-order chi connectivity index (χ0) is 51.1. The van der Waals surface area contributed by atoms with Gasteiger partial charge >= 0.3 is 11.9 Å². The van der Waals surface area contributed by atoms with Crippen LogP contribution in [0.5, 0.6) is 86.2 Å². The Morgan fingerprint density at radius 3 is 1.73 bits per heavy atom. The topological polar surface area (TPSA) is 371 Å². The van der Waals surface area contributed by atoms with Gasteiger partial charge in [0.15, 0.2) is 64.0 Å². The number of hydrogen-bond acceptors (Lipinski definition) is 21. The average molecular weight is 980 g/mol. The molecule has 6 aromatic carbocycles. The highest BCUT2D eigenvalue weighted by molar-refractivity contribution is 5.98. The Morgan fingerprint density at radius 1 is 0.592 bits per heavy atom. The van der Waals surface area contributed by atoms with Gasteiger partial charge in [0.2, 0.25) is 11.3 Å². The molecule has 71 heavy (non-hydrogen) atoms. The van der Waals surface area contributed by atoms with E-state index in [0.717, 1.165) is 60.7 Å². The van der Waals surface area contributed by atoms with Crippen molar-refractivity contribution < 1.29 is 99.7 Å². The number of esters is 2. The molecule has 0 bridgehead atoms. The van der Waals surface area contributed by atoms with Crippen LogP contribution in [0.3, 0.4) is 0 Å². The highest BCUT2D eigenvalue weighted by atomic mass is 16.6. The van der Waals surface area contributed by atoms with Crippen LogP contribution in [0.2, 0.25) is 0 Å². The summed E-state index contributed by atoms with van der Waals surface area (Å²) in [5.41, 5.74) is -2.82. The normalized spacial score (nSPS) is 19.3. The molecule has 9 rings (SSSR count). The standard InChI is InChI=1S/C49H41NO21/c1-2-50-25(3-4-38(50)61)40-28(54)16-27(53)24-15-37(70-49(67)19-9-31(57)42(63)32(58)10-19)46(71-47(24)40)22-13-34(60)44(65)39-21(22)5-17(6-33(59)43(39)64)45-36(14-23-26(52)11-20(51)12-35(23)68-45)69-48(66)18-7-29(55)41(62)30(56)8-18/h5-13,16,25,36-37,45-46,51-58,60,62-63,65H,2-4,14-15H2,1H3,(H,59,64)/t25?,36-,37-,45?,46?/m1/s1. The first-order valence-electron chi connectivity index (χ1n) is 21.6. The van der Waals surface area contributed by atoms with Crippen molar-refractivity contribution in [2.24, 2.45) is 0 Å². The number of hydrogen-bond donors (Lipinski definition) is 13. The fraction of sp³-hybridized carbons (Fsp3) is 0.224. The quantitative estimate of drug-likeness (QED) is 0.0715. The van der Waals surface area contributed by atoms with Gasteiger partial charge in [-0.1, -0.05) is 0 Å². The van der Waals surface area contributed by atoms with Crippen LogP contribution >= 0.6 is 0 Å². The second kappa shape index (κ2) is 17.3. The second-order valence-electron chi connectivity index (χ2n) is 17.0. The third-order valence-electron chi connectivity index (χ3n) is 12.7. The Morgan fingerprint density at radius 2 is 1.14 bits per heavy atom. The fourth-order valence-electron chi connectivity index (χ4n) is 9.38. The van der Waals surface area contributed by atoms with Gasteiger partial charge in [0.25, 0.3) is 0 Å². The summed E-state index contributed by atoms with van der Waals surface area (Å²) in [6.07, 6.45) is -7.31. The molecule has 5 atom stereocenters. The first kappa shape index (κ1) is 46.8. The van der Waals surface area contributed by atoms with Gasteiger partial charge in [0, 0.05) is 66.3 Å². The van der Waals surface area contributed by atoms with Gasteiger partial charge in [-0.15, -0.1) is 0 Å². The molecule has 13 N–H and O–H groups in total. The molecule has 3 aliphatic heterocycles. The van der Waals surface area contributed by atoms with Gasteiger partial charge in [0.05, 0.1) is 28.1 Å². The molecular weight excluding hydrogens is 939 g/mol. The number of aromatic hydroxyl groups is 13. The zero-order valence-electron chi connectivity index (χ0n) is 36.7. The summed E-state index contributed by atoms with van der Waals surface area (Å²) in [6, 6.07) is 8.22. The summed E-state index contributed by atoms with van der Waals surface area (Å²) in [5, 5.41) is 138. The molecule has 22 nitrogen and oxygen atoms in total. The molecule has 368 valence electrons. The molecule has 0 spiro atoms. The molecule has 3 unspecified atom stereocenters. The lowest BCUT2D eigenvalue weighted by Crippen LogP contribution is -2.36. The number of nitrogens with zero attached hydrogens (tertiary/aromatic N) is 1. The zero-order valence-corrected chi connectivity index (χ0v) is 36.7. The third kappa shape index (κ3) is 7.99. The molecule has 3 aliphatic rings. The summed E-state index contributed by atoms with van der Waals surface area (Å²) in [7, 11) is 0. The van der Waals surface area contributed by atoms with E-state index in [1.165, 1.54) is 4.90 Å². The monoisotopic (exact) mass is 979 g/mol. The lowest BCUT2D eigenvalue weighted by atomic mass is 9.87. The Kier molecular flexibility index (Phi) is 11.4. The second-order valence-corrected chi connectivity index (χ2v) is 17.0. The number of benzene rings is 5. The number of likely N-dealkylation sites (tertiary alicyclic amines) is 1. The molecule has 0 saturated carbocycles. The molecular formula is C49H41NO21. The van der Waals surface area contributed by atoms with Gasteiger partial charge < -0.3 is 90.2 Å². The van der Waals surface area contributed by atoms with E-state index in [2.05, 4.69) is 0 Å². The number of ether oxygens (including phenoxy) is 4. The summed E-state index contributed by atoms with van der Waals surface area (Å²) in [4.78, 5) is 56.1. The highest BCUT2D eigenvalue weighted by Crippen LogP contribution is 2.54. The molecule has 3 heterocycles. The van der Waals surface area contributed by atoms with Crippen molar-refractivity contribution in [2.45, 2.75) is 63.1 Å². The van der Waals surface area contributed by atoms with Crippen LogP contribution in [-0.2, 0) is 27.1 Å². The molecule has 0 aromatic heterocycles. The Bertz CT molecular complexity index is 3290. The fourth-order valence-corrected chi connectivity index (χ4v) is 9.38. The first-order valence-corrected chi connectivity index (χ1v) is 21.6.